The first-order valence-electron chi connectivity index (χ1n) is 6.12. The molecule has 0 spiro atoms. The molecule has 0 amide bonds. The standard InChI is InChI=1S/C14H15F3N2O/c1-9-3-4-10(2)12(5-9)13(20)8-19-7-11(6-18-19)14(15,16)17/h3-7,13,20H,8H2,1-2H3. The summed E-state index contributed by atoms with van der Waals surface area (Å²) in [5.74, 6) is 0. The number of hydrogen-bond donors (Lipinski definition) is 1. The summed E-state index contributed by atoms with van der Waals surface area (Å²) in [7, 11) is 0. The van der Waals surface area contributed by atoms with Gasteiger partial charge < -0.3 is 5.11 Å². The van der Waals surface area contributed by atoms with Crippen molar-refractivity contribution in [3.8, 4) is 0 Å². The molecule has 1 aromatic carbocycles. The lowest BCUT2D eigenvalue weighted by Gasteiger charge is -2.14. The Labute approximate surface area is 114 Å². The lowest BCUT2D eigenvalue weighted by atomic mass is 10.0. The highest BCUT2D eigenvalue weighted by Crippen LogP contribution is 2.29. The minimum atomic E-state index is -4.41. The van der Waals surface area contributed by atoms with Gasteiger partial charge in [0.2, 0.25) is 0 Å². The van der Waals surface area contributed by atoms with E-state index >= 15 is 0 Å². The molecule has 0 radical (unpaired) electrons. The number of alkyl halides is 3. The maximum absolute atomic E-state index is 12.5. The molecule has 2 rings (SSSR count). The Hall–Kier alpha value is -1.82. The van der Waals surface area contributed by atoms with E-state index in [1.165, 1.54) is 0 Å². The van der Waals surface area contributed by atoms with Crippen LogP contribution in [0.25, 0.3) is 0 Å². The van der Waals surface area contributed by atoms with Crippen molar-refractivity contribution in [1.29, 1.82) is 0 Å². The van der Waals surface area contributed by atoms with Crippen molar-refractivity contribution >= 4 is 0 Å². The molecule has 0 aliphatic rings. The minimum absolute atomic E-state index is 0.0135. The summed E-state index contributed by atoms with van der Waals surface area (Å²) in [6.45, 7) is 3.73. The second-order valence-corrected chi connectivity index (χ2v) is 4.82. The van der Waals surface area contributed by atoms with Gasteiger partial charge in [-0.1, -0.05) is 23.8 Å². The lowest BCUT2D eigenvalue weighted by molar-refractivity contribution is -0.137. The summed E-state index contributed by atoms with van der Waals surface area (Å²) >= 11 is 0. The molecule has 2 aromatic rings. The largest absolute Gasteiger partial charge is 0.419 e. The van der Waals surface area contributed by atoms with Gasteiger partial charge in [0.1, 0.15) is 0 Å². The summed E-state index contributed by atoms with van der Waals surface area (Å²) < 4.78 is 38.5. The van der Waals surface area contributed by atoms with Crippen LogP contribution in [0.3, 0.4) is 0 Å². The van der Waals surface area contributed by atoms with Gasteiger partial charge in [-0.05, 0) is 25.0 Å². The van der Waals surface area contributed by atoms with E-state index in [-0.39, 0.29) is 6.54 Å². The number of benzene rings is 1. The fraction of sp³-hybridized carbons (Fsp3) is 0.357. The van der Waals surface area contributed by atoms with E-state index in [4.69, 9.17) is 0 Å². The molecular weight excluding hydrogens is 269 g/mol. The van der Waals surface area contributed by atoms with Crippen molar-refractivity contribution in [2.75, 3.05) is 0 Å². The van der Waals surface area contributed by atoms with E-state index in [2.05, 4.69) is 5.10 Å². The lowest BCUT2D eigenvalue weighted by Crippen LogP contribution is -2.11. The van der Waals surface area contributed by atoms with E-state index in [9.17, 15) is 18.3 Å². The summed E-state index contributed by atoms with van der Waals surface area (Å²) in [5.41, 5.74) is 1.77. The maximum Gasteiger partial charge on any atom is 0.419 e. The van der Waals surface area contributed by atoms with Gasteiger partial charge >= 0.3 is 6.18 Å². The van der Waals surface area contributed by atoms with Crippen LogP contribution in [0.2, 0.25) is 0 Å². The van der Waals surface area contributed by atoms with E-state index < -0.39 is 17.8 Å². The molecule has 1 N–H and O–H groups in total. The number of aryl methyl sites for hydroxylation is 2. The zero-order chi connectivity index (χ0) is 14.9. The zero-order valence-corrected chi connectivity index (χ0v) is 11.1. The number of aliphatic hydroxyl groups excluding tert-OH is 1. The third-order valence-electron chi connectivity index (χ3n) is 3.11. The molecule has 3 nitrogen and oxygen atoms in total. The maximum atomic E-state index is 12.5. The normalized spacial score (nSPS) is 13.5. The molecule has 6 heteroatoms. The third kappa shape index (κ3) is 3.19. The van der Waals surface area contributed by atoms with Gasteiger partial charge in [-0.25, -0.2) is 0 Å². The SMILES string of the molecule is Cc1ccc(C)c(C(O)Cn2cc(C(F)(F)F)cn2)c1. The van der Waals surface area contributed by atoms with Crippen LogP contribution >= 0.6 is 0 Å². The third-order valence-corrected chi connectivity index (χ3v) is 3.11. The fourth-order valence-corrected chi connectivity index (χ4v) is 2.00. The van der Waals surface area contributed by atoms with Crippen molar-refractivity contribution in [3.63, 3.8) is 0 Å². The molecular formula is C14H15F3N2O. The molecule has 0 aliphatic heterocycles. The summed E-state index contributed by atoms with van der Waals surface area (Å²) in [6.07, 6.45) is -3.65. The van der Waals surface area contributed by atoms with E-state index in [0.29, 0.717) is 5.56 Å². The van der Waals surface area contributed by atoms with Crippen LogP contribution in [-0.2, 0) is 12.7 Å². The molecule has 0 aliphatic carbocycles. The monoisotopic (exact) mass is 284 g/mol. The number of aliphatic hydroxyl groups is 1. The second kappa shape index (κ2) is 5.28. The van der Waals surface area contributed by atoms with Crippen LogP contribution in [-0.4, -0.2) is 14.9 Å². The van der Waals surface area contributed by atoms with Crippen molar-refractivity contribution in [2.45, 2.75) is 32.7 Å². The summed E-state index contributed by atoms with van der Waals surface area (Å²) in [5, 5.41) is 13.8. The molecule has 0 fully saturated rings. The average molecular weight is 284 g/mol. The smallest absolute Gasteiger partial charge is 0.386 e. The molecule has 1 unspecified atom stereocenters. The Morgan fingerprint density at radius 3 is 2.60 bits per heavy atom. The number of rotatable bonds is 3. The van der Waals surface area contributed by atoms with Gasteiger partial charge in [0, 0.05) is 6.20 Å². The predicted octanol–water partition coefficient (Wildman–Crippen LogP) is 3.25. The summed E-state index contributed by atoms with van der Waals surface area (Å²) in [4.78, 5) is 0. The molecule has 108 valence electrons. The van der Waals surface area contributed by atoms with E-state index in [1.54, 1.807) is 0 Å². The van der Waals surface area contributed by atoms with Gasteiger partial charge in [0.25, 0.3) is 0 Å². The van der Waals surface area contributed by atoms with Crippen LogP contribution < -0.4 is 0 Å². The van der Waals surface area contributed by atoms with Crippen molar-refractivity contribution in [2.24, 2.45) is 0 Å². The molecule has 1 atom stereocenters. The van der Waals surface area contributed by atoms with Crippen LogP contribution in [0.4, 0.5) is 13.2 Å². The highest BCUT2D eigenvalue weighted by Gasteiger charge is 2.32. The topological polar surface area (TPSA) is 38.0 Å². The first kappa shape index (κ1) is 14.6. The highest BCUT2D eigenvalue weighted by molar-refractivity contribution is 5.32. The quantitative estimate of drug-likeness (QED) is 0.939. The van der Waals surface area contributed by atoms with E-state index in [0.717, 1.165) is 28.2 Å². The van der Waals surface area contributed by atoms with Gasteiger partial charge in [0.05, 0.1) is 24.4 Å². The number of aromatic nitrogens is 2. The average Bonchev–Trinajstić information content (AvgIpc) is 2.80. The molecule has 0 saturated carbocycles. The van der Waals surface area contributed by atoms with Gasteiger partial charge in [-0.2, -0.15) is 18.3 Å². The second-order valence-electron chi connectivity index (χ2n) is 4.82. The first-order valence-corrected chi connectivity index (χ1v) is 6.12. The van der Waals surface area contributed by atoms with Gasteiger partial charge in [-0.3, -0.25) is 4.68 Å². The van der Waals surface area contributed by atoms with Crippen LogP contribution in [0.15, 0.2) is 30.6 Å². The minimum Gasteiger partial charge on any atom is -0.386 e. The summed E-state index contributed by atoms with van der Waals surface area (Å²) in [6, 6.07) is 5.62. The molecule has 1 aromatic heterocycles. The predicted molar refractivity (Wildman–Crippen MR) is 68.1 cm³/mol. The Kier molecular flexibility index (Phi) is 3.85. The Morgan fingerprint density at radius 1 is 1.30 bits per heavy atom. The molecule has 0 saturated heterocycles. The number of nitrogens with zero attached hydrogens (tertiary/aromatic N) is 2. The van der Waals surface area contributed by atoms with Crippen LogP contribution in [0.1, 0.15) is 28.4 Å². The molecule has 1 heterocycles. The fourth-order valence-electron chi connectivity index (χ4n) is 2.00. The highest BCUT2D eigenvalue weighted by atomic mass is 19.4. The van der Waals surface area contributed by atoms with Crippen molar-refractivity contribution in [1.82, 2.24) is 9.78 Å². The zero-order valence-electron chi connectivity index (χ0n) is 11.1. The van der Waals surface area contributed by atoms with Crippen LogP contribution in [0.5, 0.6) is 0 Å². The molecule has 20 heavy (non-hydrogen) atoms. The molecule has 0 bridgehead atoms. The van der Waals surface area contributed by atoms with Gasteiger partial charge in [0.15, 0.2) is 0 Å². The van der Waals surface area contributed by atoms with E-state index in [1.807, 2.05) is 32.0 Å². The van der Waals surface area contributed by atoms with Crippen molar-refractivity contribution in [3.05, 3.63) is 52.8 Å². The number of halogens is 3. The Bertz CT molecular complexity index is 605. The van der Waals surface area contributed by atoms with Gasteiger partial charge in [-0.15, -0.1) is 0 Å². The van der Waals surface area contributed by atoms with Crippen LogP contribution in [0, 0.1) is 13.8 Å². The number of hydrogen-bond acceptors (Lipinski definition) is 2. The first-order chi connectivity index (χ1) is 9.27. The Balaban J connectivity index is 2.17. The van der Waals surface area contributed by atoms with Crippen molar-refractivity contribution < 1.29 is 18.3 Å². The Morgan fingerprint density at radius 2 is 2.00 bits per heavy atom.